The fourth-order valence-corrected chi connectivity index (χ4v) is 6.35. The second kappa shape index (κ2) is 10.9. The lowest BCUT2D eigenvalue weighted by Gasteiger charge is -2.35. The van der Waals surface area contributed by atoms with Crippen LogP contribution in [-0.4, -0.2) is 73.6 Å². The van der Waals surface area contributed by atoms with Crippen molar-refractivity contribution in [3.63, 3.8) is 0 Å². The fraction of sp³-hybridized carbons (Fsp3) is 0.481. The van der Waals surface area contributed by atoms with Crippen LogP contribution in [0.4, 0.5) is 0 Å². The molecule has 2 fully saturated rings. The summed E-state index contributed by atoms with van der Waals surface area (Å²) in [6.45, 7) is 3.91. The van der Waals surface area contributed by atoms with Gasteiger partial charge in [0.05, 0.1) is 4.90 Å². The molecule has 35 heavy (non-hydrogen) atoms. The van der Waals surface area contributed by atoms with Crippen molar-refractivity contribution in [2.24, 2.45) is 0 Å². The molecule has 2 aromatic rings. The Balaban J connectivity index is 1.35. The van der Waals surface area contributed by atoms with Crippen LogP contribution in [0.3, 0.4) is 0 Å². The minimum absolute atomic E-state index is 0.0172. The number of aryl methyl sites for hydroxylation is 1. The largest absolute Gasteiger partial charge is 0.335 e. The monoisotopic (exact) mass is 497 g/mol. The van der Waals surface area contributed by atoms with Crippen LogP contribution in [0.2, 0.25) is 0 Å². The van der Waals surface area contributed by atoms with Gasteiger partial charge in [-0.25, -0.2) is 8.42 Å². The van der Waals surface area contributed by atoms with Crippen molar-refractivity contribution < 1.29 is 18.0 Å². The molecule has 2 aromatic carbocycles. The molecule has 188 valence electrons. The molecule has 1 aliphatic carbocycles. The number of carbonyl (C=O) groups excluding carboxylic acids is 2. The summed E-state index contributed by atoms with van der Waals surface area (Å²) in [5, 5.41) is 0. The van der Waals surface area contributed by atoms with Crippen molar-refractivity contribution in [2.45, 2.75) is 56.4 Å². The molecule has 4 rings (SSSR count). The van der Waals surface area contributed by atoms with Crippen LogP contribution in [0.25, 0.3) is 0 Å². The van der Waals surface area contributed by atoms with Crippen LogP contribution in [0.1, 0.15) is 65.3 Å². The van der Waals surface area contributed by atoms with Gasteiger partial charge in [-0.05, 0) is 61.2 Å². The van der Waals surface area contributed by atoms with Crippen LogP contribution in [0.15, 0.2) is 53.4 Å². The molecule has 8 heteroatoms. The standard InChI is InChI=1S/C27H35N3O4S/c1-3-21-9-11-22(12-10-21)26(31)29-17-19-30(20-18-29)27(32)23-13-15-25(16-14-23)35(33,34)28(2)24-7-5-4-6-8-24/h9-16,24H,3-8,17-20H2,1-2H3. The van der Waals surface area contributed by atoms with Gasteiger partial charge in [-0.2, -0.15) is 4.31 Å². The number of hydrogen-bond acceptors (Lipinski definition) is 4. The molecule has 0 atom stereocenters. The number of hydrogen-bond donors (Lipinski definition) is 0. The van der Waals surface area contributed by atoms with Gasteiger partial charge in [0.25, 0.3) is 11.8 Å². The molecule has 0 bridgehead atoms. The molecule has 0 N–H and O–H groups in total. The maximum atomic E-state index is 13.1. The molecule has 1 saturated heterocycles. The predicted molar refractivity (Wildman–Crippen MR) is 136 cm³/mol. The Morgan fingerprint density at radius 2 is 1.26 bits per heavy atom. The quantitative estimate of drug-likeness (QED) is 0.608. The highest BCUT2D eigenvalue weighted by atomic mass is 32.2. The molecule has 1 aliphatic heterocycles. The van der Waals surface area contributed by atoms with Gasteiger partial charge < -0.3 is 9.80 Å². The molecule has 0 spiro atoms. The second-order valence-electron chi connectivity index (χ2n) is 9.47. The highest BCUT2D eigenvalue weighted by molar-refractivity contribution is 7.89. The van der Waals surface area contributed by atoms with Crippen molar-refractivity contribution in [1.29, 1.82) is 0 Å². The molecule has 0 unspecified atom stereocenters. The number of piperazine rings is 1. The second-order valence-corrected chi connectivity index (χ2v) is 11.5. The number of benzene rings is 2. The zero-order valence-corrected chi connectivity index (χ0v) is 21.5. The molecular weight excluding hydrogens is 462 g/mol. The summed E-state index contributed by atoms with van der Waals surface area (Å²) in [6.07, 6.45) is 5.99. The Morgan fingerprint density at radius 1 is 0.800 bits per heavy atom. The first-order valence-electron chi connectivity index (χ1n) is 12.6. The summed E-state index contributed by atoms with van der Waals surface area (Å²) in [4.78, 5) is 29.5. The first-order chi connectivity index (χ1) is 16.8. The van der Waals surface area contributed by atoms with Gasteiger partial charge in [-0.1, -0.05) is 38.3 Å². The van der Waals surface area contributed by atoms with E-state index in [-0.39, 0.29) is 22.8 Å². The van der Waals surface area contributed by atoms with Gasteiger partial charge in [-0.15, -0.1) is 0 Å². The van der Waals surface area contributed by atoms with Crippen molar-refractivity contribution in [2.75, 3.05) is 33.2 Å². The van der Waals surface area contributed by atoms with E-state index >= 15 is 0 Å². The van der Waals surface area contributed by atoms with Gasteiger partial charge in [-0.3, -0.25) is 9.59 Å². The van der Waals surface area contributed by atoms with Crippen LogP contribution in [-0.2, 0) is 16.4 Å². The summed E-state index contributed by atoms with van der Waals surface area (Å²) >= 11 is 0. The minimum atomic E-state index is -3.59. The number of amides is 2. The summed E-state index contributed by atoms with van der Waals surface area (Å²) < 4.78 is 27.6. The molecule has 0 aromatic heterocycles. The highest BCUT2D eigenvalue weighted by Crippen LogP contribution is 2.26. The third-order valence-electron chi connectivity index (χ3n) is 7.33. The third kappa shape index (κ3) is 5.59. The van der Waals surface area contributed by atoms with Gasteiger partial charge in [0.15, 0.2) is 0 Å². The molecule has 0 radical (unpaired) electrons. The van der Waals surface area contributed by atoms with Crippen LogP contribution in [0, 0.1) is 0 Å². The maximum absolute atomic E-state index is 13.1. The van der Waals surface area contributed by atoms with Crippen molar-refractivity contribution in [3.05, 3.63) is 65.2 Å². The normalized spacial score (nSPS) is 17.6. The lowest BCUT2D eigenvalue weighted by atomic mass is 9.96. The van der Waals surface area contributed by atoms with E-state index in [4.69, 9.17) is 0 Å². The zero-order valence-electron chi connectivity index (χ0n) is 20.7. The first-order valence-corrected chi connectivity index (χ1v) is 14.0. The van der Waals surface area contributed by atoms with Gasteiger partial charge in [0, 0.05) is 50.4 Å². The molecule has 1 saturated carbocycles. The Morgan fingerprint density at radius 3 is 1.71 bits per heavy atom. The van der Waals surface area contributed by atoms with Gasteiger partial charge >= 0.3 is 0 Å². The van der Waals surface area contributed by atoms with E-state index in [0.717, 1.165) is 38.5 Å². The van der Waals surface area contributed by atoms with E-state index in [1.807, 2.05) is 24.3 Å². The Hall–Kier alpha value is -2.71. The Bertz CT molecular complexity index is 1130. The van der Waals surface area contributed by atoms with Crippen LogP contribution in [0.5, 0.6) is 0 Å². The first kappa shape index (κ1) is 25.4. The number of nitrogens with zero attached hydrogens (tertiary/aromatic N) is 3. The van der Waals surface area contributed by atoms with E-state index in [9.17, 15) is 18.0 Å². The molecule has 7 nitrogen and oxygen atoms in total. The zero-order chi connectivity index (χ0) is 25.0. The average molecular weight is 498 g/mol. The van der Waals surface area contributed by atoms with Crippen LogP contribution < -0.4 is 0 Å². The minimum Gasteiger partial charge on any atom is -0.335 e. The number of rotatable bonds is 6. The molecule has 1 heterocycles. The Kier molecular flexibility index (Phi) is 7.91. The van der Waals surface area contributed by atoms with Crippen molar-refractivity contribution in [1.82, 2.24) is 14.1 Å². The van der Waals surface area contributed by atoms with E-state index in [1.54, 1.807) is 29.0 Å². The van der Waals surface area contributed by atoms with Crippen LogP contribution >= 0.6 is 0 Å². The molecule has 2 amide bonds. The summed E-state index contributed by atoms with van der Waals surface area (Å²) in [7, 11) is -1.93. The summed E-state index contributed by atoms with van der Waals surface area (Å²) in [6, 6.07) is 14.0. The van der Waals surface area contributed by atoms with E-state index < -0.39 is 10.0 Å². The van der Waals surface area contributed by atoms with Crippen molar-refractivity contribution >= 4 is 21.8 Å². The summed E-state index contributed by atoms with van der Waals surface area (Å²) in [5.74, 6) is -0.162. The SMILES string of the molecule is CCc1ccc(C(=O)N2CCN(C(=O)c3ccc(S(=O)(=O)N(C)C4CCCCC4)cc3)CC2)cc1. The molecular formula is C27H35N3O4S. The number of sulfonamides is 1. The van der Waals surface area contributed by atoms with E-state index in [1.165, 1.54) is 22.0 Å². The third-order valence-corrected chi connectivity index (χ3v) is 9.25. The summed E-state index contributed by atoms with van der Waals surface area (Å²) in [5.41, 5.74) is 2.31. The maximum Gasteiger partial charge on any atom is 0.253 e. The van der Waals surface area contributed by atoms with E-state index in [2.05, 4.69) is 6.92 Å². The topological polar surface area (TPSA) is 78.0 Å². The lowest BCUT2D eigenvalue weighted by molar-refractivity contribution is 0.0535. The molecule has 2 aliphatic rings. The van der Waals surface area contributed by atoms with Crippen molar-refractivity contribution in [3.8, 4) is 0 Å². The lowest BCUT2D eigenvalue weighted by Crippen LogP contribution is -2.50. The van der Waals surface area contributed by atoms with Gasteiger partial charge in [0.2, 0.25) is 10.0 Å². The fourth-order valence-electron chi connectivity index (χ4n) is 4.94. The van der Waals surface area contributed by atoms with E-state index in [0.29, 0.717) is 37.3 Å². The predicted octanol–water partition coefficient (Wildman–Crippen LogP) is 3.80. The average Bonchev–Trinajstić information content (AvgIpc) is 2.92. The number of carbonyl (C=O) groups is 2. The Labute approximate surface area is 208 Å². The highest BCUT2D eigenvalue weighted by Gasteiger charge is 2.30. The smallest absolute Gasteiger partial charge is 0.253 e. The van der Waals surface area contributed by atoms with Gasteiger partial charge in [0.1, 0.15) is 0 Å².